The summed E-state index contributed by atoms with van der Waals surface area (Å²) < 4.78 is 12.5. The lowest BCUT2D eigenvalue weighted by molar-refractivity contribution is 0.102. The highest BCUT2D eigenvalue weighted by Gasteiger charge is 2.16. The van der Waals surface area contributed by atoms with Crippen molar-refractivity contribution in [2.75, 3.05) is 5.32 Å². The average molecular weight is 571 g/mol. The Bertz CT molecular complexity index is 1910. The van der Waals surface area contributed by atoms with Crippen LogP contribution in [0.15, 0.2) is 111 Å². The molecule has 6 rings (SSSR count). The van der Waals surface area contributed by atoms with E-state index in [2.05, 4.69) is 21.2 Å². The van der Waals surface area contributed by atoms with Crippen LogP contribution in [0.2, 0.25) is 5.02 Å². The first-order valence-corrected chi connectivity index (χ1v) is 12.6. The van der Waals surface area contributed by atoms with Crippen LogP contribution < -0.4 is 15.7 Å². The van der Waals surface area contributed by atoms with E-state index in [0.29, 0.717) is 33.2 Å². The van der Waals surface area contributed by atoms with Crippen LogP contribution in [0, 0.1) is 0 Å². The Hall–Kier alpha value is -4.13. The minimum absolute atomic E-state index is 0.0957. The van der Waals surface area contributed by atoms with Gasteiger partial charge in [-0.15, -0.1) is 0 Å². The van der Waals surface area contributed by atoms with Crippen molar-refractivity contribution in [3.63, 3.8) is 0 Å². The molecule has 0 spiro atoms. The molecule has 0 atom stereocenters. The molecule has 37 heavy (non-hydrogen) atoms. The second-order valence-electron chi connectivity index (χ2n) is 8.44. The topological polar surface area (TPSA) is 68.5 Å². The van der Waals surface area contributed by atoms with Crippen LogP contribution in [-0.2, 0) is 0 Å². The van der Waals surface area contributed by atoms with Gasteiger partial charge in [-0.2, -0.15) is 0 Å². The Balaban J connectivity index is 1.29. The van der Waals surface area contributed by atoms with E-state index >= 15 is 0 Å². The van der Waals surface area contributed by atoms with Crippen molar-refractivity contribution in [2.45, 2.75) is 0 Å². The number of hydrogen-bond donors (Lipinski definition) is 1. The SMILES string of the molecule is O=C(Nc1ccc(Oc2ccc(Br)c3ccccc23)c(Cl)c1)c1cc2c(ccc3ccccc32)oc1=O. The molecule has 6 aromatic rings. The largest absolute Gasteiger partial charge is 0.455 e. The third-order valence-electron chi connectivity index (χ3n) is 6.13. The summed E-state index contributed by atoms with van der Waals surface area (Å²) in [7, 11) is 0. The Morgan fingerprint density at radius 1 is 0.784 bits per heavy atom. The van der Waals surface area contributed by atoms with E-state index in [1.165, 1.54) is 0 Å². The van der Waals surface area contributed by atoms with Crippen molar-refractivity contribution in [1.29, 1.82) is 0 Å². The Morgan fingerprint density at radius 3 is 2.32 bits per heavy atom. The number of amides is 1. The monoisotopic (exact) mass is 569 g/mol. The molecule has 0 saturated carbocycles. The second kappa shape index (κ2) is 9.39. The van der Waals surface area contributed by atoms with Gasteiger partial charge in [0.2, 0.25) is 0 Å². The number of nitrogens with one attached hydrogen (secondary N) is 1. The maximum atomic E-state index is 13.0. The van der Waals surface area contributed by atoms with Gasteiger partial charge in [0, 0.05) is 20.9 Å². The van der Waals surface area contributed by atoms with Gasteiger partial charge in [-0.3, -0.25) is 4.79 Å². The summed E-state index contributed by atoms with van der Waals surface area (Å²) in [5.41, 5.74) is 0.0285. The summed E-state index contributed by atoms with van der Waals surface area (Å²) in [6.07, 6.45) is 0. The number of fused-ring (bicyclic) bond motifs is 4. The van der Waals surface area contributed by atoms with E-state index < -0.39 is 11.5 Å². The van der Waals surface area contributed by atoms with Gasteiger partial charge >= 0.3 is 5.63 Å². The highest BCUT2D eigenvalue weighted by Crippen LogP contribution is 2.37. The molecule has 0 aliphatic carbocycles. The summed E-state index contributed by atoms with van der Waals surface area (Å²) in [6.45, 7) is 0. The number of benzene rings is 5. The van der Waals surface area contributed by atoms with Gasteiger partial charge in [0.25, 0.3) is 5.91 Å². The first-order chi connectivity index (χ1) is 18.0. The standard InChI is InChI=1S/C30H17BrClNO4/c31-24-11-14-26(21-8-4-3-7-20(21)24)36-28-13-10-18(15-25(28)32)33-29(34)23-16-22-19-6-2-1-5-17(19)9-12-27(22)37-30(23)35/h1-16H,(H,33,34). The van der Waals surface area contributed by atoms with Crippen molar-refractivity contribution in [1.82, 2.24) is 0 Å². The highest BCUT2D eigenvalue weighted by atomic mass is 79.9. The third kappa shape index (κ3) is 4.35. The minimum Gasteiger partial charge on any atom is -0.455 e. The lowest BCUT2D eigenvalue weighted by Gasteiger charge is -2.13. The van der Waals surface area contributed by atoms with Crippen molar-refractivity contribution in [2.24, 2.45) is 0 Å². The predicted molar refractivity (Wildman–Crippen MR) is 151 cm³/mol. The maximum Gasteiger partial charge on any atom is 0.349 e. The number of halogens is 2. The Labute approximate surface area is 224 Å². The van der Waals surface area contributed by atoms with E-state index in [0.717, 1.165) is 26.0 Å². The van der Waals surface area contributed by atoms with Crippen LogP contribution in [0.5, 0.6) is 11.5 Å². The fraction of sp³-hybridized carbons (Fsp3) is 0. The van der Waals surface area contributed by atoms with Crippen LogP contribution >= 0.6 is 27.5 Å². The molecule has 0 bridgehead atoms. The number of anilines is 1. The lowest BCUT2D eigenvalue weighted by atomic mass is 10.0. The van der Waals surface area contributed by atoms with Crippen molar-refractivity contribution in [3.05, 3.63) is 123 Å². The quantitative estimate of drug-likeness (QED) is 0.170. The van der Waals surface area contributed by atoms with E-state index in [-0.39, 0.29) is 5.56 Å². The minimum atomic E-state index is -0.714. The highest BCUT2D eigenvalue weighted by molar-refractivity contribution is 9.10. The van der Waals surface area contributed by atoms with E-state index in [9.17, 15) is 9.59 Å². The molecule has 5 nitrogen and oxygen atoms in total. The van der Waals surface area contributed by atoms with E-state index in [1.54, 1.807) is 30.3 Å². The average Bonchev–Trinajstić information content (AvgIpc) is 2.91. The zero-order valence-corrected chi connectivity index (χ0v) is 21.5. The smallest absolute Gasteiger partial charge is 0.349 e. The molecule has 1 heterocycles. The molecule has 1 aromatic heterocycles. The lowest BCUT2D eigenvalue weighted by Crippen LogP contribution is -2.20. The van der Waals surface area contributed by atoms with Gasteiger partial charge in [-0.1, -0.05) is 82.1 Å². The van der Waals surface area contributed by atoms with Crippen molar-refractivity contribution in [3.8, 4) is 11.5 Å². The summed E-state index contributed by atoms with van der Waals surface area (Å²) >= 11 is 10.1. The molecule has 7 heteroatoms. The van der Waals surface area contributed by atoms with Gasteiger partial charge in [0.1, 0.15) is 22.6 Å². The fourth-order valence-electron chi connectivity index (χ4n) is 4.33. The second-order valence-corrected chi connectivity index (χ2v) is 9.70. The molecule has 0 aliphatic heterocycles. The summed E-state index contributed by atoms with van der Waals surface area (Å²) in [4.78, 5) is 25.6. The summed E-state index contributed by atoms with van der Waals surface area (Å²) in [5, 5.41) is 7.55. The third-order valence-corrected chi connectivity index (χ3v) is 7.11. The molecular weight excluding hydrogens is 554 g/mol. The van der Waals surface area contributed by atoms with Crippen LogP contribution in [-0.4, -0.2) is 5.91 Å². The molecule has 0 radical (unpaired) electrons. The number of ether oxygens (including phenoxy) is 1. The zero-order chi connectivity index (χ0) is 25.5. The predicted octanol–water partition coefficient (Wildman–Crippen LogP) is 8.56. The van der Waals surface area contributed by atoms with Gasteiger partial charge in [0.15, 0.2) is 0 Å². The van der Waals surface area contributed by atoms with Crippen molar-refractivity contribution < 1.29 is 13.9 Å². The first kappa shape index (κ1) is 23.3. The molecule has 0 saturated heterocycles. The molecule has 5 aromatic carbocycles. The summed E-state index contributed by atoms with van der Waals surface area (Å²) in [5.74, 6) is 0.495. The van der Waals surface area contributed by atoms with E-state index in [4.69, 9.17) is 20.8 Å². The van der Waals surface area contributed by atoms with Gasteiger partial charge in [0.05, 0.1) is 5.02 Å². The molecule has 0 fully saturated rings. The zero-order valence-electron chi connectivity index (χ0n) is 19.1. The molecule has 1 amide bonds. The van der Waals surface area contributed by atoms with Crippen LogP contribution in [0.25, 0.3) is 32.5 Å². The van der Waals surface area contributed by atoms with Crippen LogP contribution in [0.4, 0.5) is 5.69 Å². The summed E-state index contributed by atoms with van der Waals surface area (Å²) in [6, 6.07) is 29.4. The van der Waals surface area contributed by atoms with Gasteiger partial charge in [-0.05, 0) is 58.6 Å². The molecule has 0 aliphatic rings. The number of rotatable bonds is 4. The maximum absolute atomic E-state index is 13.0. The van der Waals surface area contributed by atoms with E-state index in [1.807, 2.05) is 66.7 Å². The normalized spacial score (nSPS) is 11.2. The Morgan fingerprint density at radius 2 is 1.51 bits per heavy atom. The fourth-order valence-corrected chi connectivity index (χ4v) is 5.03. The molecular formula is C30H17BrClNO4. The molecule has 0 unspecified atom stereocenters. The van der Waals surface area contributed by atoms with Gasteiger partial charge in [-0.25, -0.2) is 4.79 Å². The Kier molecular flexibility index (Phi) is 5.91. The molecule has 1 N–H and O–H groups in total. The van der Waals surface area contributed by atoms with Crippen LogP contribution in [0.3, 0.4) is 0 Å². The van der Waals surface area contributed by atoms with Gasteiger partial charge < -0.3 is 14.5 Å². The number of carbonyl (C=O) groups excluding carboxylic acids is 1. The molecule has 180 valence electrons. The number of hydrogen-bond acceptors (Lipinski definition) is 4. The first-order valence-electron chi connectivity index (χ1n) is 11.4. The van der Waals surface area contributed by atoms with Crippen LogP contribution in [0.1, 0.15) is 10.4 Å². The van der Waals surface area contributed by atoms with Crippen molar-refractivity contribution >= 4 is 71.6 Å². The number of carbonyl (C=O) groups is 1.